The summed E-state index contributed by atoms with van der Waals surface area (Å²) in [5.74, 6) is 0.0800. The number of benzene rings is 1. The Balaban J connectivity index is 1.85. The van der Waals surface area contributed by atoms with E-state index in [1.165, 1.54) is 27.0 Å². The highest BCUT2D eigenvalue weighted by atomic mass is 35.5. The first-order valence-electron chi connectivity index (χ1n) is 8.77. The van der Waals surface area contributed by atoms with Crippen LogP contribution in [0.4, 0.5) is 0 Å². The Hall–Kier alpha value is -2.43. The van der Waals surface area contributed by atoms with Crippen LogP contribution in [0.2, 0.25) is 5.02 Å². The van der Waals surface area contributed by atoms with E-state index in [0.29, 0.717) is 18.1 Å². The first kappa shape index (κ1) is 18.0. The summed E-state index contributed by atoms with van der Waals surface area (Å²) in [6, 6.07) is 12.5. The quantitative estimate of drug-likeness (QED) is 0.555. The summed E-state index contributed by atoms with van der Waals surface area (Å²) in [4.78, 5) is 21.0. The van der Waals surface area contributed by atoms with Crippen LogP contribution in [0, 0.1) is 6.92 Å². The molecule has 0 bridgehead atoms. The number of rotatable bonds is 3. The molecular formula is C22H19ClN2OS. The molecule has 136 valence electrons. The number of halogens is 1. The van der Waals surface area contributed by atoms with E-state index in [1.807, 2.05) is 29.3 Å². The minimum Gasteiger partial charge on any atom is -0.333 e. The van der Waals surface area contributed by atoms with Gasteiger partial charge in [0.15, 0.2) is 0 Å². The highest BCUT2D eigenvalue weighted by Crippen LogP contribution is 2.41. The van der Waals surface area contributed by atoms with Gasteiger partial charge in [-0.3, -0.25) is 9.78 Å². The van der Waals surface area contributed by atoms with Gasteiger partial charge in [-0.15, -0.1) is 11.3 Å². The summed E-state index contributed by atoms with van der Waals surface area (Å²) in [6.07, 6.45) is 4.87. The molecule has 0 aliphatic carbocycles. The highest BCUT2D eigenvalue weighted by Gasteiger charge is 2.31. The number of fused-ring (bicyclic) bond motifs is 1. The number of amides is 1. The fraction of sp³-hybridized carbons (Fsp3) is 0.182. The van der Waals surface area contributed by atoms with Crippen molar-refractivity contribution in [2.75, 3.05) is 6.54 Å². The minimum absolute atomic E-state index is 0.0291. The molecule has 0 saturated carbocycles. The van der Waals surface area contributed by atoms with Crippen LogP contribution in [0.25, 0.3) is 11.1 Å². The molecule has 2 aromatic heterocycles. The Morgan fingerprint density at radius 3 is 2.89 bits per heavy atom. The molecule has 1 amide bonds. The molecule has 0 spiro atoms. The van der Waals surface area contributed by atoms with Crippen molar-refractivity contribution in [2.45, 2.75) is 19.4 Å². The smallest absolute Gasteiger partial charge is 0.246 e. The lowest BCUT2D eigenvalue weighted by molar-refractivity contribution is -0.127. The second-order valence-corrected chi connectivity index (χ2v) is 8.47. The number of carbonyl (C=O) groups is 1. The zero-order valence-electron chi connectivity index (χ0n) is 15.0. The summed E-state index contributed by atoms with van der Waals surface area (Å²) >= 11 is 7.94. The molecule has 1 aromatic carbocycles. The maximum Gasteiger partial charge on any atom is 0.246 e. The monoisotopic (exact) mass is 394 g/mol. The molecule has 3 nitrogen and oxygen atoms in total. The summed E-state index contributed by atoms with van der Waals surface area (Å²) in [5.41, 5.74) is 4.58. The topological polar surface area (TPSA) is 33.2 Å². The zero-order chi connectivity index (χ0) is 19.0. The fourth-order valence-corrected chi connectivity index (χ4v) is 5.03. The number of aromatic nitrogens is 1. The molecule has 0 N–H and O–H groups in total. The van der Waals surface area contributed by atoms with Crippen LogP contribution in [0.3, 0.4) is 0 Å². The second kappa shape index (κ2) is 7.29. The first-order valence-corrected chi connectivity index (χ1v) is 9.96. The van der Waals surface area contributed by atoms with Gasteiger partial charge < -0.3 is 4.90 Å². The molecule has 5 heteroatoms. The van der Waals surface area contributed by atoms with Crippen LogP contribution in [0.15, 0.2) is 61.4 Å². The van der Waals surface area contributed by atoms with Crippen LogP contribution >= 0.6 is 22.9 Å². The number of aryl methyl sites for hydroxylation is 1. The van der Waals surface area contributed by atoms with Crippen LogP contribution in [-0.4, -0.2) is 22.3 Å². The molecule has 0 unspecified atom stereocenters. The van der Waals surface area contributed by atoms with E-state index in [-0.39, 0.29) is 11.8 Å². The third-order valence-electron chi connectivity index (χ3n) is 4.92. The van der Waals surface area contributed by atoms with Crippen molar-refractivity contribution in [3.63, 3.8) is 0 Å². The molecule has 4 rings (SSSR count). The average Bonchev–Trinajstić information content (AvgIpc) is 3.06. The van der Waals surface area contributed by atoms with Crippen molar-refractivity contribution in [3.05, 3.63) is 87.4 Å². The van der Waals surface area contributed by atoms with Crippen molar-refractivity contribution in [1.29, 1.82) is 0 Å². The molecule has 1 aliphatic rings. The lowest BCUT2D eigenvalue weighted by Gasteiger charge is -2.33. The van der Waals surface area contributed by atoms with E-state index in [2.05, 4.69) is 36.7 Å². The summed E-state index contributed by atoms with van der Waals surface area (Å²) in [5, 5.41) is 0.612. The Labute approximate surface area is 167 Å². The fourth-order valence-electron chi connectivity index (χ4n) is 3.74. The molecular weight excluding hydrogens is 376 g/mol. The van der Waals surface area contributed by atoms with Gasteiger partial charge in [0.05, 0.1) is 11.6 Å². The Kier molecular flexibility index (Phi) is 4.85. The van der Waals surface area contributed by atoms with Crippen molar-refractivity contribution in [1.82, 2.24) is 9.88 Å². The summed E-state index contributed by atoms with van der Waals surface area (Å²) < 4.78 is 0. The molecule has 0 saturated heterocycles. The number of thiophene rings is 1. The number of nitrogens with zero attached hydrogens (tertiary/aromatic N) is 2. The van der Waals surface area contributed by atoms with E-state index >= 15 is 0 Å². The van der Waals surface area contributed by atoms with Crippen molar-refractivity contribution in [2.24, 2.45) is 0 Å². The Morgan fingerprint density at radius 1 is 1.30 bits per heavy atom. The van der Waals surface area contributed by atoms with E-state index in [1.54, 1.807) is 17.5 Å². The molecule has 0 fully saturated rings. The SMILES string of the molecule is C=CC(=O)N1Cc2sc(C)cc2[C@@H](c2ccccc2-c2cncc(Cl)c2)C1. The summed E-state index contributed by atoms with van der Waals surface area (Å²) in [6.45, 7) is 7.06. The van der Waals surface area contributed by atoms with Crippen molar-refractivity contribution >= 4 is 28.8 Å². The van der Waals surface area contributed by atoms with Gasteiger partial charge in [-0.25, -0.2) is 0 Å². The predicted octanol–water partition coefficient (Wildman–Crippen LogP) is 5.43. The molecule has 27 heavy (non-hydrogen) atoms. The normalized spacial score (nSPS) is 16.1. The average molecular weight is 395 g/mol. The van der Waals surface area contributed by atoms with E-state index < -0.39 is 0 Å². The van der Waals surface area contributed by atoms with Crippen molar-refractivity contribution < 1.29 is 4.79 Å². The van der Waals surface area contributed by atoms with E-state index in [0.717, 1.165) is 11.1 Å². The number of carbonyl (C=O) groups excluding carboxylic acids is 1. The third-order valence-corrected chi connectivity index (χ3v) is 6.17. The lowest BCUT2D eigenvalue weighted by atomic mass is 9.84. The molecule has 0 radical (unpaired) electrons. The maximum absolute atomic E-state index is 12.3. The minimum atomic E-state index is -0.0291. The van der Waals surface area contributed by atoms with Gasteiger partial charge in [0.25, 0.3) is 0 Å². The maximum atomic E-state index is 12.3. The predicted molar refractivity (Wildman–Crippen MR) is 111 cm³/mol. The van der Waals surface area contributed by atoms with Crippen LogP contribution in [0.1, 0.15) is 26.8 Å². The lowest BCUT2D eigenvalue weighted by Crippen LogP contribution is -2.37. The van der Waals surface area contributed by atoms with Gasteiger partial charge in [0.1, 0.15) is 0 Å². The van der Waals surface area contributed by atoms with Crippen molar-refractivity contribution in [3.8, 4) is 11.1 Å². The molecule has 3 aromatic rings. The first-order chi connectivity index (χ1) is 13.1. The van der Waals surface area contributed by atoms with Gasteiger partial charge >= 0.3 is 0 Å². The third kappa shape index (κ3) is 3.43. The Bertz CT molecular complexity index is 1030. The number of hydrogen-bond donors (Lipinski definition) is 0. The largest absolute Gasteiger partial charge is 0.333 e. The second-order valence-electron chi connectivity index (χ2n) is 6.69. The van der Waals surface area contributed by atoms with Gasteiger partial charge in [0.2, 0.25) is 5.91 Å². The van der Waals surface area contributed by atoms with E-state index in [9.17, 15) is 4.79 Å². The van der Waals surface area contributed by atoms with Gasteiger partial charge in [-0.1, -0.05) is 42.4 Å². The standard InChI is InChI=1S/C22H19ClN2OS/c1-3-22(26)25-12-20(19-8-14(2)27-21(19)13-25)18-7-5-4-6-17(18)15-9-16(23)11-24-10-15/h3-11,20H,1,12-13H2,2H3/t20-/m1/s1. The van der Waals surface area contributed by atoms with Crippen LogP contribution < -0.4 is 0 Å². The molecule has 3 heterocycles. The van der Waals surface area contributed by atoms with Crippen LogP contribution in [-0.2, 0) is 11.3 Å². The van der Waals surface area contributed by atoms with Gasteiger partial charge in [-0.05, 0) is 41.8 Å². The number of hydrogen-bond acceptors (Lipinski definition) is 3. The van der Waals surface area contributed by atoms with Crippen LogP contribution in [0.5, 0.6) is 0 Å². The highest BCUT2D eigenvalue weighted by molar-refractivity contribution is 7.12. The summed E-state index contributed by atoms with van der Waals surface area (Å²) in [7, 11) is 0. The van der Waals surface area contributed by atoms with E-state index in [4.69, 9.17) is 11.6 Å². The van der Waals surface area contributed by atoms with Gasteiger partial charge in [0, 0.05) is 40.2 Å². The Morgan fingerprint density at radius 2 is 2.11 bits per heavy atom. The molecule has 1 aliphatic heterocycles. The van der Waals surface area contributed by atoms with Gasteiger partial charge in [-0.2, -0.15) is 0 Å². The zero-order valence-corrected chi connectivity index (χ0v) is 16.6. The molecule has 1 atom stereocenters. The number of pyridine rings is 1.